The predicted molar refractivity (Wildman–Crippen MR) is 134 cm³/mol. The topological polar surface area (TPSA) is 92.9 Å². The molecule has 1 unspecified atom stereocenters. The molecular weight excluding hydrogens is 470 g/mol. The van der Waals surface area contributed by atoms with E-state index in [1.807, 2.05) is 38.9 Å². The highest BCUT2D eigenvalue weighted by Gasteiger charge is 2.35. The number of aryl methyl sites for hydroxylation is 2. The maximum absolute atomic E-state index is 13.1. The van der Waals surface area contributed by atoms with Gasteiger partial charge in [-0.1, -0.05) is 11.6 Å². The van der Waals surface area contributed by atoms with Crippen molar-refractivity contribution in [1.29, 1.82) is 0 Å². The minimum atomic E-state index is -0.319. The Hall–Kier alpha value is -2.55. The number of hydrogen-bond donors (Lipinski definition) is 2. The van der Waals surface area contributed by atoms with Crippen LogP contribution < -0.4 is 20.3 Å². The van der Waals surface area contributed by atoms with Crippen molar-refractivity contribution in [3.63, 3.8) is 0 Å². The number of fused-ring (bicyclic) bond motifs is 1. The Labute approximate surface area is 210 Å². The first kappa shape index (κ1) is 25.5. The van der Waals surface area contributed by atoms with Crippen LogP contribution in [0.5, 0.6) is 11.5 Å². The van der Waals surface area contributed by atoms with E-state index in [9.17, 15) is 9.59 Å². The number of nitrogens with one attached hydrogen (secondary N) is 2. The highest BCUT2D eigenvalue weighted by atomic mass is 35.5. The molecule has 1 aliphatic carbocycles. The van der Waals surface area contributed by atoms with Crippen molar-refractivity contribution in [3.8, 4) is 11.5 Å². The van der Waals surface area contributed by atoms with Gasteiger partial charge < -0.3 is 24.6 Å². The Morgan fingerprint density at radius 3 is 2.57 bits per heavy atom. The molecule has 2 heterocycles. The molecule has 0 saturated heterocycles. The summed E-state index contributed by atoms with van der Waals surface area (Å²) < 4.78 is 12.5. The molecule has 4 rings (SSSR count). The first-order chi connectivity index (χ1) is 16.7. The molecule has 1 amide bonds. The lowest BCUT2D eigenvalue weighted by Crippen LogP contribution is -2.42. The van der Waals surface area contributed by atoms with Crippen LogP contribution in [0, 0.1) is 26.7 Å². The lowest BCUT2D eigenvalue weighted by molar-refractivity contribution is -0.152. The molecule has 1 aromatic heterocycles. The Morgan fingerprint density at radius 1 is 1.20 bits per heavy atom. The molecule has 2 aliphatic rings. The van der Waals surface area contributed by atoms with Crippen LogP contribution in [0.1, 0.15) is 58.4 Å². The number of pyridine rings is 1. The molecule has 1 aromatic carbocycles. The predicted octanol–water partition coefficient (Wildman–Crippen LogP) is 4.08. The summed E-state index contributed by atoms with van der Waals surface area (Å²) in [5.74, 6) is 1.05. The second-order valence-electron chi connectivity index (χ2n) is 9.58. The molecule has 35 heavy (non-hydrogen) atoms. The standard InChI is InChI=1S/C26H34ClN3O5/c1-14-10-15(2)29-26(32)20(14)12-28-25(31)19-11-21(27)24-23(16(19)3)35-22(13-34-24)17-6-8-18(9-7-17)30(4)33-5/h10-11,17-18,22H,6-9,12-13H2,1-5H3,(H,28,31)(H,29,32). The van der Waals surface area contributed by atoms with Gasteiger partial charge in [0.05, 0.1) is 12.1 Å². The Kier molecular flexibility index (Phi) is 7.73. The molecule has 0 spiro atoms. The van der Waals surface area contributed by atoms with Gasteiger partial charge in [0.2, 0.25) is 0 Å². The summed E-state index contributed by atoms with van der Waals surface area (Å²) in [5, 5.41) is 5.11. The number of rotatable bonds is 6. The van der Waals surface area contributed by atoms with E-state index in [0.29, 0.717) is 51.8 Å². The first-order valence-corrected chi connectivity index (χ1v) is 12.4. The number of aromatic amines is 1. The third-order valence-corrected chi connectivity index (χ3v) is 7.61. The zero-order valence-electron chi connectivity index (χ0n) is 21.0. The minimum Gasteiger partial charge on any atom is -0.484 e. The van der Waals surface area contributed by atoms with Gasteiger partial charge in [0.15, 0.2) is 11.5 Å². The van der Waals surface area contributed by atoms with E-state index in [0.717, 1.165) is 36.9 Å². The van der Waals surface area contributed by atoms with E-state index in [2.05, 4.69) is 10.3 Å². The summed E-state index contributed by atoms with van der Waals surface area (Å²) in [6.07, 6.45) is 3.99. The molecule has 8 nitrogen and oxygen atoms in total. The van der Waals surface area contributed by atoms with E-state index in [4.69, 9.17) is 25.9 Å². The highest BCUT2D eigenvalue weighted by molar-refractivity contribution is 6.32. The smallest absolute Gasteiger partial charge is 0.253 e. The fraction of sp³-hybridized carbons (Fsp3) is 0.538. The summed E-state index contributed by atoms with van der Waals surface area (Å²) in [7, 11) is 3.66. The van der Waals surface area contributed by atoms with Crippen LogP contribution in [0.25, 0.3) is 0 Å². The van der Waals surface area contributed by atoms with E-state index in [1.54, 1.807) is 13.2 Å². The molecular formula is C26H34ClN3O5. The monoisotopic (exact) mass is 503 g/mol. The second-order valence-corrected chi connectivity index (χ2v) is 9.99. The number of carbonyl (C=O) groups is 1. The van der Waals surface area contributed by atoms with Gasteiger partial charge in [0, 0.05) is 42.0 Å². The SMILES string of the molecule is CON(C)C1CCC(C2COc3c(Cl)cc(C(=O)NCc4c(C)cc(C)[nH]c4=O)c(C)c3O2)CC1. The second kappa shape index (κ2) is 10.6. The molecule has 1 saturated carbocycles. The van der Waals surface area contributed by atoms with Gasteiger partial charge in [0.1, 0.15) is 12.7 Å². The third kappa shape index (κ3) is 5.34. The number of amides is 1. The molecule has 1 fully saturated rings. The number of benzene rings is 1. The lowest BCUT2D eigenvalue weighted by atomic mass is 9.82. The maximum atomic E-state index is 13.1. The normalized spacial score (nSPS) is 21.7. The first-order valence-electron chi connectivity index (χ1n) is 12.1. The van der Waals surface area contributed by atoms with Crippen LogP contribution >= 0.6 is 11.6 Å². The largest absolute Gasteiger partial charge is 0.484 e. The van der Waals surface area contributed by atoms with Gasteiger partial charge in [-0.2, -0.15) is 5.06 Å². The van der Waals surface area contributed by atoms with Crippen molar-refractivity contribution in [2.75, 3.05) is 20.8 Å². The van der Waals surface area contributed by atoms with Gasteiger partial charge in [-0.25, -0.2) is 0 Å². The van der Waals surface area contributed by atoms with Crippen molar-refractivity contribution < 1.29 is 19.1 Å². The van der Waals surface area contributed by atoms with E-state index in [1.165, 1.54) is 0 Å². The number of halogens is 1. The summed E-state index contributed by atoms with van der Waals surface area (Å²) >= 11 is 6.49. The molecule has 190 valence electrons. The van der Waals surface area contributed by atoms with Crippen molar-refractivity contribution >= 4 is 17.5 Å². The number of hydroxylamine groups is 2. The van der Waals surface area contributed by atoms with Crippen molar-refractivity contribution in [3.05, 3.63) is 55.5 Å². The van der Waals surface area contributed by atoms with Gasteiger partial charge in [-0.05, 0) is 70.1 Å². The van der Waals surface area contributed by atoms with Crippen LogP contribution in [-0.2, 0) is 11.4 Å². The number of carbonyl (C=O) groups excluding carboxylic acids is 1. The number of hydrogen-bond acceptors (Lipinski definition) is 6. The minimum absolute atomic E-state index is 0.0989. The zero-order valence-corrected chi connectivity index (χ0v) is 21.8. The molecule has 2 aromatic rings. The van der Waals surface area contributed by atoms with Gasteiger partial charge in [0.25, 0.3) is 11.5 Å². The lowest BCUT2D eigenvalue weighted by Gasteiger charge is -2.38. The van der Waals surface area contributed by atoms with Gasteiger partial charge in [-0.3, -0.25) is 9.59 Å². The number of ether oxygens (including phenoxy) is 2. The number of H-pyrrole nitrogens is 1. The van der Waals surface area contributed by atoms with Crippen LogP contribution in [0.2, 0.25) is 5.02 Å². The van der Waals surface area contributed by atoms with Crippen molar-refractivity contribution in [2.45, 2.75) is 65.1 Å². The zero-order chi connectivity index (χ0) is 25.3. The molecule has 0 radical (unpaired) electrons. The molecule has 1 atom stereocenters. The van der Waals surface area contributed by atoms with Crippen LogP contribution in [0.4, 0.5) is 0 Å². The Balaban J connectivity index is 1.48. The summed E-state index contributed by atoms with van der Waals surface area (Å²) in [5.41, 5.74) is 3.02. The van der Waals surface area contributed by atoms with Gasteiger partial charge in [-0.15, -0.1) is 0 Å². The average molecular weight is 504 g/mol. The van der Waals surface area contributed by atoms with Gasteiger partial charge >= 0.3 is 0 Å². The molecule has 0 bridgehead atoms. The molecule has 2 N–H and O–H groups in total. The van der Waals surface area contributed by atoms with E-state index in [-0.39, 0.29) is 24.1 Å². The van der Waals surface area contributed by atoms with Crippen molar-refractivity contribution in [2.24, 2.45) is 5.92 Å². The summed E-state index contributed by atoms with van der Waals surface area (Å²) in [4.78, 5) is 33.5. The fourth-order valence-corrected chi connectivity index (χ4v) is 5.40. The maximum Gasteiger partial charge on any atom is 0.253 e. The molecule has 1 aliphatic heterocycles. The summed E-state index contributed by atoms with van der Waals surface area (Å²) in [6, 6.07) is 3.90. The fourth-order valence-electron chi connectivity index (χ4n) is 5.15. The Morgan fingerprint density at radius 2 is 1.91 bits per heavy atom. The highest BCUT2D eigenvalue weighted by Crippen LogP contribution is 2.45. The Bertz CT molecular complexity index is 1160. The van der Waals surface area contributed by atoms with Crippen molar-refractivity contribution in [1.82, 2.24) is 15.4 Å². The number of nitrogens with zero attached hydrogens (tertiary/aromatic N) is 1. The van der Waals surface area contributed by atoms with E-state index >= 15 is 0 Å². The van der Waals surface area contributed by atoms with Crippen LogP contribution in [0.3, 0.4) is 0 Å². The number of aromatic nitrogens is 1. The third-order valence-electron chi connectivity index (χ3n) is 7.33. The van der Waals surface area contributed by atoms with Crippen LogP contribution in [0.15, 0.2) is 16.9 Å². The van der Waals surface area contributed by atoms with E-state index < -0.39 is 0 Å². The molecule has 9 heteroatoms. The average Bonchev–Trinajstić information content (AvgIpc) is 2.84. The summed E-state index contributed by atoms with van der Waals surface area (Å²) in [6.45, 7) is 6.07. The van der Waals surface area contributed by atoms with Crippen LogP contribution in [-0.4, -0.2) is 48.9 Å². The quantitative estimate of drug-likeness (QED) is 0.577.